The van der Waals surface area contributed by atoms with E-state index in [0.717, 1.165) is 53.4 Å². The summed E-state index contributed by atoms with van der Waals surface area (Å²) in [5, 5.41) is 2.42. The molecule has 1 aromatic rings. The van der Waals surface area contributed by atoms with Crippen molar-refractivity contribution in [2.24, 2.45) is 5.41 Å². The number of halogens is 3. The lowest BCUT2D eigenvalue weighted by Crippen LogP contribution is -2.35. The lowest BCUT2D eigenvalue weighted by molar-refractivity contribution is 0.00617. The Labute approximate surface area is 121 Å². The van der Waals surface area contributed by atoms with Crippen molar-refractivity contribution in [2.45, 2.75) is 19.3 Å². The Bertz CT molecular complexity index is 369. The smallest absolute Gasteiger partial charge is 0.0533 e. The lowest BCUT2D eigenvalue weighted by atomic mass is 9.79. The van der Waals surface area contributed by atoms with Gasteiger partial charge in [0.15, 0.2) is 0 Å². The summed E-state index contributed by atoms with van der Waals surface area (Å²) < 4.78 is 5.61. The molecule has 1 atom stereocenters. The summed E-state index contributed by atoms with van der Waals surface area (Å²) in [6.45, 7) is 1.64. The molecule has 0 bridgehead atoms. The molecule has 0 aliphatic carbocycles. The van der Waals surface area contributed by atoms with Gasteiger partial charge in [-0.3, -0.25) is 0 Å². The van der Waals surface area contributed by atoms with Crippen LogP contribution in [-0.2, 0) is 11.2 Å². The molecule has 1 fully saturated rings. The summed E-state index contributed by atoms with van der Waals surface area (Å²) in [4.78, 5) is 0. The molecule has 1 saturated heterocycles. The molecule has 1 aliphatic rings. The molecule has 94 valence electrons. The Kier molecular flexibility index (Phi) is 4.76. The van der Waals surface area contributed by atoms with Gasteiger partial charge in [-0.25, -0.2) is 0 Å². The third-order valence-electron chi connectivity index (χ3n) is 3.30. The third-order valence-corrected chi connectivity index (χ3v) is 5.20. The van der Waals surface area contributed by atoms with Gasteiger partial charge < -0.3 is 4.74 Å². The van der Waals surface area contributed by atoms with Gasteiger partial charge in [0.2, 0.25) is 0 Å². The van der Waals surface area contributed by atoms with Gasteiger partial charge in [0.1, 0.15) is 0 Å². The van der Waals surface area contributed by atoms with Crippen molar-refractivity contribution in [1.29, 1.82) is 0 Å². The Hall–Kier alpha value is 0.240. The summed E-state index contributed by atoms with van der Waals surface area (Å²) in [6.07, 6.45) is 3.13. The van der Waals surface area contributed by atoms with E-state index in [-0.39, 0.29) is 5.41 Å². The predicted molar refractivity (Wildman–Crippen MR) is 76.4 cm³/mol. The van der Waals surface area contributed by atoms with Crippen LogP contribution in [0.15, 0.2) is 18.2 Å². The largest absolute Gasteiger partial charge is 0.381 e. The van der Waals surface area contributed by atoms with Crippen molar-refractivity contribution < 1.29 is 4.74 Å². The minimum Gasteiger partial charge on any atom is -0.381 e. The first-order chi connectivity index (χ1) is 8.17. The second-order valence-corrected chi connectivity index (χ2v) is 6.04. The van der Waals surface area contributed by atoms with E-state index < -0.39 is 0 Å². The molecule has 0 amide bonds. The predicted octanol–water partition coefficient (Wildman–Crippen LogP) is 4.73. The molecule has 1 nitrogen and oxygen atoms in total. The Morgan fingerprint density at radius 2 is 2.00 bits per heavy atom. The van der Waals surface area contributed by atoms with Crippen molar-refractivity contribution in [3.05, 3.63) is 33.8 Å². The van der Waals surface area contributed by atoms with Crippen LogP contribution in [0, 0.1) is 5.41 Å². The molecule has 0 aromatic heterocycles. The highest BCUT2D eigenvalue weighted by Crippen LogP contribution is 2.38. The zero-order valence-corrected chi connectivity index (χ0v) is 12.6. The van der Waals surface area contributed by atoms with Crippen LogP contribution in [0.5, 0.6) is 0 Å². The average Bonchev–Trinajstić information content (AvgIpc) is 2.35. The summed E-state index contributed by atoms with van der Waals surface area (Å²) in [5.74, 6) is 0. The minimum atomic E-state index is 0.132. The molecule has 1 heterocycles. The van der Waals surface area contributed by atoms with E-state index in [1.165, 1.54) is 0 Å². The van der Waals surface area contributed by atoms with Crippen molar-refractivity contribution in [3.8, 4) is 0 Å². The molecule has 0 radical (unpaired) electrons. The van der Waals surface area contributed by atoms with Gasteiger partial charge in [-0.15, -0.1) is 0 Å². The molecule has 0 spiro atoms. The van der Waals surface area contributed by atoms with Crippen molar-refractivity contribution in [3.63, 3.8) is 0 Å². The summed E-state index contributed by atoms with van der Waals surface area (Å²) >= 11 is 16.1. The van der Waals surface area contributed by atoms with Gasteiger partial charge in [0, 0.05) is 27.4 Å². The maximum Gasteiger partial charge on any atom is 0.0533 e. The first-order valence-corrected chi connectivity index (χ1v) is 7.61. The van der Waals surface area contributed by atoms with E-state index in [1.807, 2.05) is 18.2 Å². The normalized spacial score (nSPS) is 24.9. The SMILES string of the molecule is Clc1cccc(Cl)c1CC1(CBr)CCCOC1. The van der Waals surface area contributed by atoms with Gasteiger partial charge in [0.25, 0.3) is 0 Å². The highest BCUT2D eigenvalue weighted by molar-refractivity contribution is 9.09. The average molecular weight is 338 g/mol. The van der Waals surface area contributed by atoms with Crippen LogP contribution in [-0.4, -0.2) is 18.5 Å². The Morgan fingerprint density at radius 3 is 2.53 bits per heavy atom. The third kappa shape index (κ3) is 3.17. The quantitative estimate of drug-likeness (QED) is 0.724. The fraction of sp³-hybridized carbons (Fsp3) is 0.538. The minimum absolute atomic E-state index is 0.132. The topological polar surface area (TPSA) is 9.23 Å². The second kappa shape index (κ2) is 5.92. The van der Waals surface area contributed by atoms with Gasteiger partial charge in [-0.1, -0.05) is 45.2 Å². The maximum atomic E-state index is 6.23. The number of alkyl halides is 1. The van der Waals surface area contributed by atoms with Crippen LogP contribution >= 0.6 is 39.1 Å². The molecule has 1 aromatic carbocycles. The van der Waals surface area contributed by atoms with E-state index in [0.29, 0.717) is 0 Å². The Morgan fingerprint density at radius 1 is 1.29 bits per heavy atom. The van der Waals surface area contributed by atoms with Gasteiger partial charge in [-0.2, -0.15) is 0 Å². The van der Waals surface area contributed by atoms with E-state index in [9.17, 15) is 0 Å². The lowest BCUT2D eigenvalue weighted by Gasteiger charge is -2.36. The molecular formula is C13H15BrCl2O. The van der Waals surface area contributed by atoms with Crippen molar-refractivity contribution >= 4 is 39.1 Å². The molecule has 0 N–H and O–H groups in total. The van der Waals surface area contributed by atoms with Gasteiger partial charge >= 0.3 is 0 Å². The van der Waals surface area contributed by atoms with Crippen molar-refractivity contribution in [1.82, 2.24) is 0 Å². The van der Waals surface area contributed by atoms with E-state index in [1.54, 1.807) is 0 Å². The molecule has 17 heavy (non-hydrogen) atoms. The van der Waals surface area contributed by atoms with E-state index in [2.05, 4.69) is 15.9 Å². The van der Waals surface area contributed by atoms with E-state index in [4.69, 9.17) is 27.9 Å². The molecule has 4 heteroatoms. The molecule has 1 unspecified atom stereocenters. The van der Waals surface area contributed by atoms with Crippen LogP contribution in [0.3, 0.4) is 0 Å². The zero-order valence-electron chi connectivity index (χ0n) is 9.52. The second-order valence-electron chi connectivity index (χ2n) is 4.67. The van der Waals surface area contributed by atoms with E-state index >= 15 is 0 Å². The summed E-state index contributed by atoms with van der Waals surface area (Å²) in [5.41, 5.74) is 1.17. The van der Waals surface area contributed by atoms with Gasteiger partial charge in [-0.05, 0) is 37.0 Å². The van der Waals surface area contributed by atoms with Gasteiger partial charge in [0.05, 0.1) is 6.61 Å². The van der Waals surface area contributed by atoms with Crippen molar-refractivity contribution in [2.75, 3.05) is 18.5 Å². The van der Waals surface area contributed by atoms with Crippen LogP contribution < -0.4 is 0 Å². The summed E-state index contributed by atoms with van der Waals surface area (Å²) in [6, 6.07) is 5.68. The zero-order chi connectivity index (χ0) is 12.3. The highest BCUT2D eigenvalue weighted by atomic mass is 79.9. The fourth-order valence-corrected chi connectivity index (χ4v) is 3.45. The first-order valence-electron chi connectivity index (χ1n) is 5.73. The first kappa shape index (κ1) is 13.7. The highest BCUT2D eigenvalue weighted by Gasteiger charge is 2.33. The molecular weight excluding hydrogens is 323 g/mol. The number of hydrogen-bond acceptors (Lipinski definition) is 1. The Balaban J connectivity index is 2.23. The number of ether oxygens (including phenoxy) is 1. The summed E-state index contributed by atoms with van der Waals surface area (Å²) in [7, 11) is 0. The maximum absolute atomic E-state index is 6.23. The van der Waals surface area contributed by atoms with Crippen LogP contribution in [0.2, 0.25) is 10.0 Å². The van der Waals surface area contributed by atoms with Crippen LogP contribution in [0.1, 0.15) is 18.4 Å². The number of hydrogen-bond donors (Lipinski definition) is 0. The number of rotatable bonds is 3. The number of benzene rings is 1. The standard InChI is InChI=1S/C13H15BrCl2O/c14-8-13(5-2-6-17-9-13)7-10-11(15)3-1-4-12(10)16/h1,3-4H,2,5-9H2. The molecule has 2 rings (SSSR count). The molecule has 1 aliphatic heterocycles. The monoisotopic (exact) mass is 336 g/mol. The van der Waals surface area contributed by atoms with Crippen LogP contribution in [0.25, 0.3) is 0 Å². The van der Waals surface area contributed by atoms with Crippen LogP contribution in [0.4, 0.5) is 0 Å². The molecule has 0 saturated carbocycles. The fourth-order valence-electron chi connectivity index (χ4n) is 2.28.